The van der Waals surface area contributed by atoms with E-state index in [1.54, 1.807) is 12.1 Å². The number of benzene rings is 4. The van der Waals surface area contributed by atoms with E-state index in [1.807, 2.05) is 48.5 Å². The summed E-state index contributed by atoms with van der Waals surface area (Å²) in [6.45, 7) is 0. The Kier molecular flexibility index (Phi) is 11.8. The Bertz CT molecular complexity index is 1900. The number of hydrogen-bond donors (Lipinski definition) is 1. The highest BCUT2D eigenvalue weighted by molar-refractivity contribution is 9.10. The van der Waals surface area contributed by atoms with Crippen molar-refractivity contribution in [2.24, 2.45) is 0 Å². The second kappa shape index (κ2) is 15.5. The van der Waals surface area contributed by atoms with Crippen molar-refractivity contribution in [1.29, 1.82) is 0 Å². The number of halogens is 9. The molecule has 0 saturated heterocycles. The first-order valence-corrected chi connectivity index (χ1v) is 14.9. The van der Waals surface area contributed by atoms with Crippen LogP contribution in [0.15, 0.2) is 118 Å². The van der Waals surface area contributed by atoms with E-state index in [9.17, 15) is 26.3 Å². The van der Waals surface area contributed by atoms with Crippen molar-refractivity contribution < 1.29 is 45.7 Å². The van der Waals surface area contributed by atoms with Crippen LogP contribution in [0, 0.1) is 0 Å². The number of pyridine rings is 2. The molecular weight excluding hydrogens is 786 g/mol. The van der Waals surface area contributed by atoms with Crippen LogP contribution in [-0.4, -0.2) is 27.8 Å². The van der Waals surface area contributed by atoms with Gasteiger partial charge in [0.15, 0.2) is 0 Å². The number of rotatable bonds is 4. The Morgan fingerprint density at radius 3 is 1.51 bits per heavy atom. The first kappa shape index (κ1) is 35.6. The lowest BCUT2D eigenvalue weighted by Crippen LogP contribution is -2.16. The molecule has 0 atom stereocenters. The van der Waals surface area contributed by atoms with Crippen molar-refractivity contribution in [1.82, 2.24) is 9.97 Å². The van der Waals surface area contributed by atoms with Gasteiger partial charge in [0.1, 0.15) is 28.2 Å². The zero-order chi connectivity index (χ0) is 34.2. The highest BCUT2D eigenvalue weighted by Gasteiger charge is 2.31. The minimum absolute atomic E-state index is 0.107. The first-order chi connectivity index (χ1) is 22.1. The maximum Gasteiger partial charge on any atom is 0.573 e. The van der Waals surface area contributed by atoms with Gasteiger partial charge in [-0.15, -0.1) is 26.3 Å². The van der Waals surface area contributed by atoms with Crippen molar-refractivity contribution in [3.8, 4) is 28.9 Å². The Hall–Kier alpha value is -4.27. The number of phenolic OH excluding ortho intramolecular Hbond substituents is 1. The lowest BCUT2D eigenvalue weighted by Gasteiger charge is -2.10. The van der Waals surface area contributed by atoms with E-state index in [4.69, 9.17) is 21.4 Å². The number of fused-ring (bicyclic) bond motifs is 2. The van der Waals surface area contributed by atoms with Gasteiger partial charge in [-0.05, 0) is 103 Å². The quantitative estimate of drug-likeness (QED) is 0.141. The summed E-state index contributed by atoms with van der Waals surface area (Å²) in [5, 5.41) is 11.3. The number of aromatic hydroxyl groups is 1. The molecule has 0 aliphatic rings. The summed E-state index contributed by atoms with van der Waals surface area (Å²) < 4.78 is 85.9. The van der Waals surface area contributed by atoms with Crippen LogP contribution >= 0.6 is 43.5 Å². The van der Waals surface area contributed by atoms with Crippen LogP contribution in [0.4, 0.5) is 26.3 Å². The van der Waals surface area contributed by atoms with Gasteiger partial charge in [0.25, 0.3) is 0 Å². The standard InChI is InChI=1S/C16H9BrF3NO2.C9H5BrClN.C7H5F3O2/c17-11-2-7-14-10(9-11)1-8-15(21-14)22-12-3-5-13(6-4-12)23-16(18,19)20;10-7-2-3-8-6(5-7)1-4-9(11)12-8;8-7(9,10)12-6-3-1-5(11)2-4-6/h1-9H;1-5H;1-4,11H. The Labute approximate surface area is 284 Å². The molecule has 0 spiro atoms. The summed E-state index contributed by atoms with van der Waals surface area (Å²) in [5.74, 6) is -0.0428. The van der Waals surface area contributed by atoms with E-state index in [-0.39, 0.29) is 17.2 Å². The van der Waals surface area contributed by atoms with Crippen LogP contribution in [-0.2, 0) is 0 Å². The van der Waals surface area contributed by atoms with E-state index < -0.39 is 12.7 Å². The van der Waals surface area contributed by atoms with Crippen LogP contribution in [0.2, 0.25) is 5.15 Å². The maximum atomic E-state index is 12.1. The number of nitrogens with zero attached hydrogens (tertiary/aromatic N) is 2. The molecule has 2 aromatic heterocycles. The lowest BCUT2D eigenvalue weighted by molar-refractivity contribution is -0.275. The fraction of sp³-hybridized carbons (Fsp3) is 0.0625. The van der Waals surface area contributed by atoms with Gasteiger partial charge >= 0.3 is 12.7 Å². The molecule has 0 radical (unpaired) electrons. The minimum atomic E-state index is -4.71. The van der Waals surface area contributed by atoms with Crippen molar-refractivity contribution in [3.05, 3.63) is 123 Å². The summed E-state index contributed by atoms with van der Waals surface area (Å²) in [7, 11) is 0. The molecule has 0 saturated carbocycles. The molecule has 2 heterocycles. The van der Waals surface area contributed by atoms with Gasteiger partial charge in [-0.25, -0.2) is 9.97 Å². The van der Waals surface area contributed by atoms with Crippen molar-refractivity contribution >= 4 is 65.3 Å². The number of alkyl halides is 6. The number of hydrogen-bond acceptors (Lipinski definition) is 6. The Morgan fingerprint density at radius 2 is 1.00 bits per heavy atom. The number of ether oxygens (including phenoxy) is 3. The van der Waals surface area contributed by atoms with E-state index in [2.05, 4.69) is 51.3 Å². The Morgan fingerprint density at radius 1 is 0.553 bits per heavy atom. The third-order valence-electron chi connectivity index (χ3n) is 5.59. The molecular formula is C32H19Br2ClF6N2O4. The highest BCUT2D eigenvalue weighted by Crippen LogP contribution is 2.28. The predicted molar refractivity (Wildman–Crippen MR) is 172 cm³/mol. The molecule has 6 aromatic rings. The zero-order valence-electron chi connectivity index (χ0n) is 23.4. The number of phenols is 1. The maximum absolute atomic E-state index is 12.1. The molecule has 0 aliphatic carbocycles. The van der Waals surface area contributed by atoms with E-state index >= 15 is 0 Å². The summed E-state index contributed by atoms with van der Waals surface area (Å²) >= 11 is 12.5. The lowest BCUT2D eigenvalue weighted by atomic mass is 10.2. The van der Waals surface area contributed by atoms with E-state index in [1.165, 1.54) is 24.3 Å². The topological polar surface area (TPSA) is 73.7 Å². The van der Waals surface area contributed by atoms with Crippen LogP contribution < -0.4 is 14.2 Å². The van der Waals surface area contributed by atoms with Gasteiger partial charge in [-0.1, -0.05) is 43.5 Å². The highest BCUT2D eigenvalue weighted by atomic mass is 79.9. The fourth-order valence-corrected chi connectivity index (χ4v) is 4.60. The molecule has 4 aromatic carbocycles. The van der Waals surface area contributed by atoms with Gasteiger partial charge in [0.05, 0.1) is 11.0 Å². The molecule has 0 aliphatic heterocycles. The van der Waals surface area contributed by atoms with Gasteiger partial charge in [-0.3, -0.25) is 0 Å². The van der Waals surface area contributed by atoms with Crippen molar-refractivity contribution in [3.63, 3.8) is 0 Å². The number of aromatic nitrogens is 2. The van der Waals surface area contributed by atoms with Gasteiger partial charge < -0.3 is 19.3 Å². The fourth-order valence-electron chi connectivity index (χ4n) is 3.68. The predicted octanol–water partition coefficient (Wildman–Crippen LogP) is 11.6. The monoisotopic (exact) mass is 802 g/mol. The molecule has 0 unspecified atom stereocenters. The third-order valence-corrected chi connectivity index (χ3v) is 6.79. The summed E-state index contributed by atoms with van der Waals surface area (Å²) in [5.41, 5.74) is 1.67. The van der Waals surface area contributed by atoms with Gasteiger partial charge in [0, 0.05) is 25.8 Å². The molecule has 0 amide bonds. The second-order valence-electron chi connectivity index (χ2n) is 9.12. The van der Waals surface area contributed by atoms with Crippen molar-refractivity contribution in [2.75, 3.05) is 0 Å². The normalized spacial score (nSPS) is 11.2. The summed E-state index contributed by atoms with van der Waals surface area (Å²) in [4.78, 5) is 8.50. The largest absolute Gasteiger partial charge is 0.573 e. The Balaban J connectivity index is 0.000000176. The molecule has 15 heteroatoms. The van der Waals surface area contributed by atoms with Crippen LogP contribution in [0.5, 0.6) is 28.9 Å². The van der Waals surface area contributed by atoms with Crippen molar-refractivity contribution in [2.45, 2.75) is 12.7 Å². The van der Waals surface area contributed by atoms with E-state index in [0.717, 1.165) is 55.0 Å². The SMILES string of the molecule is Clc1ccc2cc(Br)ccc2n1.FC(F)(F)Oc1ccc(Oc2ccc3cc(Br)ccc3n2)cc1.Oc1ccc(OC(F)(F)F)cc1. The van der Waals surface area contributed by atoms with E-state index in [0.29, 0.717) is 16.8 Å². The summed E-state index contributed by atoms with van der Waals surface area (Å²) in [6, 6.07) is 28.2. The van der Waals surface area contributed by atoms with Crippen LogP contribution in [0.3, 0.4) is 0 Å². The smallest absolute Gasteiger partial charge is 0.508 e. The minimum Gasteiger partial charge on any atom is -0.508 e. The molecule has 6 rings (SSSR count). The van der Waals surface area contributed by atoms with Crippen LogP contribution in [0.25, 0.3) is 21.8 Å². The molecule has 1 N–H and O–H groups in total. The first-order valence-electron chi connectivity index (χ1n) is 13.0. The average Bonchev–Trinajstić information content (AvgIpc) is 2.99. The van der Waals surface area contributed by atoms with Gasteiger partial charge in [-0.2, -0.15) is 0 Å². The average molecular weight is 805 g/mol. The third kappa shape index (κ3) is 12.1. The van der Waals surface area contributed by atoms with Crippen LogP contribution in [0.1, 0.15) is 0 Å². The zero-order valence-corrected chi connectivity index (χ0v) is 27.3. The summed E-state index contributed by atoms with van der Waals surface area (Å²) in [6.07, 6.45) is -9.40. The molecule has 6 nitrogen and oxygen atoms in total. The molecule has 244 valence electrons. The molecule has 0 bridgehead atoms. The molecule has 0 fully saturated rings. The molecule has 47 heavy (non-hydrogen) atoms. The second-order valence-corrected chi connectivity index (χ2v) is 11.3. The van der Waals surface area contributed by atoms with Gasteiger partial charge in [0.2, 0.25) is 5.88 Å².